The van der Waals surface area contributed by atoms with Crippen LogP contribution in [-0.2, 0) is 11.3 Å². The van der Waals surface area contributed by atoms with Crippen molar-refractivity contribution in [3.8, 4) is 5.75 Å². The minimum absolute atomic E-state index is 0.0754. The van der Waals surface area contributed by atoms with Crippen molar-refractivity contribution in [2.75, 3.05) is 26.3 Å². The van der Waals surface area contributed by atoms with Gasteiger partial charge in [-0.05, 0) is 74.1 Å². The molecule has 0 saturated carbocycles. The van der Waals surface area contributed by atoms with E-state index in [0.29, 0.717) is 24.3 Å². The number of amides is 2. The summed E-state index contributed by atoms with van der Waals surface area (Å²) >= 11 is 0. The van der Waals surface area contributed by atoms with E-state index in [1.54, 1.807) is 12.1 Å². The number of rotatable bonds is 7. The highest BCUT2D eigenvalue weighted by Gasteiger charge is 2.18. The van der Waals surface area contributed by atoms with Gasteiger partial charge in [0.15, 0.2) is 0 Å². The predicted octanol–water partition coefficient (Wildman–Crippen LogP) is 3.80. The number of piperidine rings is 1. The van der Waals surface area contributed by atoms with E-state index in [0.717, 1.165) is 56.7 Å². The lowest BCUT2D eigenvalue weighted by Gasteiger charge is -2.26. The molecular weight excluding hydrogens is 392 g/mol. The number of carbonyl (C=O) groups excluding carboxylic acids is 2. The van der Waals surface area contributed by atoms with Crippen LogP contribution < -0.4 is 10.1 Å². The molecule has 6 nitrogen and oxygen atoms in total. The maximum Gasteiger partial charge on any atom is 0.253 e. The fourth-order valence-electron chi connectivity index (χ4n) is 4.05. The van der Waals surface area contributed by atoms with E-state index in [4.69, 9.17) is 9.47 Å². The van der Waals surface area contributed by atoms with Gasteiger partial charge in [0.2, 0.25) is 0 Å². The van der Waals surface area contributed by atoms with Gasteiger partial charge in [0.05, 0.1) is 6.10 Å². The van der Waals surface area contributed by atoms with E-state index < -0.39 is 0 Å². The third-order valence-corrected chi connectivity index (χ3v) is 5.85. The monoisotopic (exact) mass is 422 g/mol. The molecule has 0 radical (unpaired) electrons. The Labute approximate surface area is 183 Å². The number of hydrogen-bond acceptors (Lipinski definition) is 4. The van der Waals surface area contributed by atoms with Gasteiger partial charge in [-0.1, -0.05) is 12.1 Å². The molecule has 2 aliphatic heterocycles. The summed E-state index contributed by atoms with van der Waals surface area (Å²) in [6.07, 6.45) is 5.62. The van der Waals surface area contributed by atoms with Crippen LogP contribution in [0.2, 0.25) is 0 Å². The zero-order valence-corrected chi connectivity index (χ0v) is 17.8. The molecule has 0 spiro atoms. The van der Waals surface area contributed by atoms with Crippen LogP contribution in [0, 0.1) is 0 Å². The second-order valence-electron chi connectivity index (χ2n) is 8.21. The standard InChI is InChI=1S/C25H30N2O4/c28-24(20-9-11-22(12-10-20)31-18-23-8-5-15-30-23)26-17-19-6-4-7-21(16-19)25(29)27-13-2-1-3-14-27/h4,6-7,9-12,16,23H,1-3,5,8,13-15,17-18H2,(H,26,28). The molecule has 1 unspecified atom stereocenters. The first-order valence-corrected chi connectivity index (χ1v) is 11.2. The molecule has 1 N–H and O–H groups in total. The summed E-state index contributed by atoms with van der Waals surface area (Å²) < 4.78 is 11.3. The van der Waals surface area contributed by atoms with E-state index in [-0.39, 0.29) is 17.9 Å². The molecule has 2 saturated heterocycles. The normalized spacial score (nSPS) is 18.6. The van der Waals surface area contributed by atoms with Gasteiger partial charge in [0.25, 0.3) is 11.8 Å². The highest BCUT2D eigenvalue weighted by atomic mass is 16.5. The van der Waals surface area contributed by atoms with Crippen LogP contribution in [0.5, 0.6) is 5.75 Å². The van der Waals surface area contributed by atoms with Crippen LogP contribution in [0.25, 0.3) is 0 Å². The fourth-order valence-corrected chi connectivity index (χ4v) is 4.05. The van der Waals surface area contributed by atoms with Crippen molar-refractivity contribution in [3.05, 3.63) is 65.2 Å². The number of carbonyl (C=O) groups is 2. The van der Waals surface area contributed by atoms with Gasteiger partial charge in [-0.3, -0.25) is 9.59 Å². The van der Waals surface area contributed by atoms with Crippen molar-refractivity contribution < 1.29 is 19.1 Å². The summed E-state index contributed by atoms with van der Waals surface area (Å²) in [5.74, 6) is 0.654. The minimum atomic E-state index is -0.154. The topological polar surface area (TPSA) is 67.9 Å². The number of likely N-dealkylation sites (tertiary alicyclic amines) is 1. The zero-order valence-electron chi connectivity index (χ0n) is 17.8. The molecule has 2 aromatic rings. The third-order valence-electron chi connectivity index (χ3n) is 5.85. The average Bonchev–Trinajstić information content (AvgIpc) is 3.35. The Hall–Kier alpha value is -2.86. The Morgan fingerprint density at radius 1 is 1.00 bits per heavy atom. The number of nitrogens with zero attached hydrogens (tertiary/aromatic N) is 1. The number of hydrogen-bond donors (Lipinski definition) is 1. The Morgan fingerprint density at radius 2 is 1.81 bits per heavy atom. The lowest BCUT2D eigenvalue weighted by Crippen LogP contribution is -2.35. The van der Waals surface area contributed by atoms with Crippen molar-refractivity contribution in [1.82, 2.24) is 10.2 Å². The minimum Gasteiger partial charge on any atom is -0.491 e. The van der Waals surface area contributed by atoms with Gasteiger partial charge >= 0.3 is 0 Å². The van der Waals surface area contributed by atoms with Crippen molar-refractivity contribution in [2.24, 2.45) is 0 Å². The van der Waals surface area contributed by atoms with Crippen molar-refractivity contribution >= 4 is 11.8 Å². The lowest BCUT2D eigenvalue weighted by molar-refractivity contribution is 0.0679. The Bertz CT molecular complexity index is 885. The summed E-state index contributed by atoms with van der Waals surface area (Å²) in [6, 6.07) is 14.7. The van der Waals surface area contributed by atoms with E-state index in [2.05, 4.69) is 5.32 Å². The molecule has 2 amide bonds. The molecule has 164 valence electrons. The van der Waals surface area contributed by atoms with Gasteiger partial charge in [-0.25, -0.2) is 0 Å². The first-order valence-electron chi connectivity index (χ1n) is 11.2. The van der Waals surface area contributed by atoms with Gasteiger partial charge in [-0.15, -0.1) is 0 Å². The van der Waals surface area contributed by atoms with Crippen molar-refractivity contribution in [3.63, 3.8) is 0 Å². The van der Waals surface area contributed by atoms with Crippen LogP contribution in [0.3, 0.4) is 0 Å². The Kier molecular flexibility index (Phi) is 7.20. The second-order valence-corrected chi connectivity index (χ2v) is 8.21. The molecular formula is C25H30N2O4. The van der Waals surface area contributed by atoms with E-state index in [1.807, 2.05) is 41.3 Å². The molecule has 2 fully saturated rings. The van der Waals surface area contributed by atoms with Crippen LogP contribution in [0.1, 0.15) is 58.4 Å². The molecule has 2 heterocycles. The molecule has 0 aliphatic carbocycles. The molecule has 31 heavy (non-hydrogen) atoms. The van der Waals surface area contributed by atoms with Crippen molar-refractivity contribution in [1.29, 1.82) is 0 Å². The maximum absolute atomic E-state index is 12.7. The molecule has 1 atom stereocenters. The smallest absolute Gasteiger partial charge is 0.253 e. The molecule has 0 bridgehead atoms. The van der Waals surface area contributed by atoms with Crippen LogP contribution in [0.4, 0.5) is 0 Å². The Balaban J connectivity index is 1.28. The van der Waals surface area contributed by atoms with Gasteiger partial charge < -0.3 is 19.7 Å². The predicted molar refractivity (Wildman–Crippen MR) is 118 cm³/mol. The van der Waals surface area contributed by atoms with Crippen LogP contribution >= 0.6 is 0 Å². The highest BCUT2D eigenvalue weighted by Crippen LogP contribution is 2.17. The quantitative estimate of drug-likeness (QED) is 0.737. The first kappa shape index (κ1) is 21.4. The number of ether oxygens (including phenoxy) is 2. The highest BCUT2D eigenvalue weighted by molar-refractivity contribution is 5.95. The fraction of sp³-hybridized carbons (Fsp3) is 0.440. The third kappa shape index (κ3) is 5.85. The summed E-state index contributed by atoms with van der Waals surface area (Å²) in [5.41, 5.74) is 2.17. The summed E-state index contributed by atoms with van der Waals surface area (Å²) in [6.45, 7) is 3.37. The van der Waals surface area contributed by atoms with Gasteiger partial charge in [0, 0.05) is 37.4 Å². The maximum atomic E-state index is 12.7. The first-order chi connectivity index (χ1) is 15.2. The molecule has 0 aromatic heterocycles. The van der Waals surface area contributed by atoms with Gasteiger partial charge in [-0.2, -0.15) is 0 Å². The summed E-state index contributed by atoms with van der Waals surface area (Å²) in [7, 11) is 0. The van der Waals surface area contributed by atoms with Crippen LogP contribution in [0.15, 0.2) is 48.5 Å². The lowest BCUT2D eigenvalue weighted by atomic mass is 10.1. The number of nitrogens with one attached hydrogen (secondary N) is 1. The van der Waals surface area contributed by atoms with Gasteiger partial charge in [0.1, 0.15) is 12.4 Å². The number of benzene rings is 2. The molecule has 6 heteroatoms. The molecule has 2 aliphatic rings. The van der Waals surface area contributed by atoms with E-state index in [9.17, 15) is 9.59 Å². The van der Waals surface area contributed by atoms with Crippen LogP contribution in [-0.4, -0.2) is 49.1 Å². The van der Waals surface area contributed by atoms with E-state index in [1.165, 1.54) is 6.42 Å². The SMILES string of the molecule is O=C(NCc1cccc(C(=O)N2CCCCC2)c1)c1ccc(OCC2CCCO2)cc1. The second kappa shape index (κ2) is 10.4. The summed E-state index contributed by atoms with van der Waals surface area (Å²) in [5, 5.41) is 2.93. The Morgan fingerprint density at radius 3 is 2.55 bits per heavy atom. The molecule has 4 rings (SSSR count). The average molecular weight is 423 g/mol. The molecule has 2 aromatic carbocycles. The van der Waals surface area contributed by atoms with Crippen molar-refractivity contribution in [2.45, 2.75) is 44.8 Å². The largest absolute Gasteiger partial charge is 0.491 e. The van der Waals surface area contributed by atoms with E-state index >= 15 is 0 Å². The zero-order chi connectivity index (χ0) is 21.5. The summed E-state index contributed by atoms with van der Waals surface area (Å²) in [4.78, 5) is 27.1.